The zero-order valence-electron chi connectivity index (χ0n) is 42.6. The van der Waals surface area contributed by atoms with Gasteiger partial charge in [0.15, 0.2) is 5.78 Å². The molecular weight excluding hydrogens is 910 g/mol. The molecule has 0 aromatic heterocycles. The number of hydrogen-bond acceptors (Lipinski definition) is 14. The number of cyclic esters (lactones) is 1. The Morgan fingerprint density at radius 3 is 2.23 bits per heavy atom. The SMILES string of the molecule is CO[C@H]1CC2CC[C@@H](C)[C@@](O)(O2)C(=O)C(=O)N2CCCCC2C(=O)O[C@H]([C@H](C)C[C@@H]2CC[C@@H](OP(N)(N)=O)[C@H](OC)C2)CC(=O)[C@H](C)/C=C(\C)[C@@H](O)[C@@H](OC)C(=O)[C@H](C)C[C@H](C)/C=C/C=C/C=C/1C. The summed E-state index contributed by atoms with van der Waals surface area (Å²) in [5.74, 6) is -8.41. The molecule has 1 saturated carbocycles. The number of ketones is 3. The van der Waals surface area contributed by atoms with Crippen LogP contribution in [-0.4, -0.2) is 127 Å². The van der Waals surface area contributed by atoms with E-state index in [4.69, 9.17) is 39.2 Å². The van der Waals surface area contributed by atoms with Crippen molar-refractivity contribution in [1.82, 2.24) is 4.90 Å². The molecule has 4 aliphatic rings. The Kier molecular flexibility index (Phi) is 22.4. The number of Topliss-reactive ketones (excluding diaryl/α,β-unsaturated/α-hetero) is 3. The predicted octanol–water partition coefficient (Wildman–Crippen LogP) is 6.23. The van der Waals surface area contributed by atoms with E-state index in [1.807, 2.05) is 51.2 Å². The number of fused-ring (bicyclic) bond motifs is 3. The van der Waals surface area contributed by atoms with Crippen LogP contribution in [0.25, 0.3) is 0 Å². The van der Waals surface area contributed by atoms with Crippen molar-refractivity contribution in [3.8, 4) is 0 Å². The lowest BCUT2D eigenvalue weighted by Gasteiger charge is -2.42. The molecule has 18 heteroatoms. The van der Waals surface area contributed by atoms with Crippen molar-refractivity contribution in [1.29, 1.82) is 0 Å². The highest BCUT2D eigenvalue weighted by Gasteiger charge is 2.53. The summed E-state index contributed by atoms with van der Waals surface area (Å²) in [6, 6.07) is -1.18. The van der Waals surface area contributed by atoms with E-state index in [9.17, 15) is 38.8 Å². The Bertz CT molecular complexity index is 1950. The molecule has 3 fully saturated rings. The van der Waals surface area contributed by atoms with Crippen LogP contribution in [-0.2, 0) is 56.7 Å². The van der Waals surface area contributed by atoms with E-state index < -0.39 is 104 Å². The molecule has 1 aliphatic carbocycles. The Hall–Kier alpha value is -3.22. The molecule has 390 valence electrons. The summed E-state index contributed by atoms with van der Waals surface area (Å²) >= 11 is 0. The number of amides is 1. The van der Waals surface area contributed by atoms with Gasteiger partial charge in [0.2, 0.25) is 5.79 Å². The first-order valence-electron chi connectivity index (χ1n) is 24.8. The van der Waals surface area contributed by atoms with Gasteiger partial charge in [0, 0.05) is 58.5 Å². The van der Waals surface area contributed by atoms with Gasteiger partial charge in [-0.3, -0.25) is 23.7 Å². The fourth-order valence-corrected chi connectivity index (χ4v) is 11.1. The van der Waals surface area contributed by atoms with Crippen molar-refractivity contribution < 1.29 is 67.0 Å². The third-order valence-electron chi connectivity index (χ3n) is 14.8. The van der Waals surface area contributed by atoms with Gasteiger partial charge in [0.25, 0.3) is 11.7 Å². The smallest absolute Gasteiger partial charge is 0.335 e. The number of carbonyl (C=O) groups excluding carboxylic acids is 5. The molecule has 0 aromatic rings. The quantitative estimate of drug-likeness (QED) is 0.0910. The lowest BCUT2D eigenvalue weighted by molar-refractivity contribution is -0.265. The van der Waals surface area contributed by atoms with Crippen LogP contribution in [0, 0.1) is 35.5 Å². The van der Waals surface area contributed by atoms with Crippen molar-refractivity contribution in [2.75, 3.05) is 27.9 Å². The first kappa shape index (κ1) is 58.4. The highest BCUT2D eigenvalue weighted by atomic mass is 31.2. The Labute approximate surface area is 409 Å². The first-order valence-corrected chi connectivity index (χ1v) is 26.5. The third-order valence-corrected chi connectivity index (χ3v) is 15.4. The van der Waals surface area contributed by atoms with Crippen LogP contribution in [0.15, 0.2) is 47.6 Å². The van der Waals surface area contributed by atoms with Crippen molar-refractivity contribution in [2.45, 2.75) is 180 Å². The molecular formula is C51H82N3O14P. The fraction of sp³-hybridized carbons (Fsp3) is 0.745. The van der Waals surface area contributed by atoms with Gasteiger partial charge in [-0.05, 0) is 107 Å². The summed E-state index contributed by atoms with van der Waals surface area (Å²) in [6.45, 7) is 12.6. The van der Waals surface area contributed by atoms with E-state index in [1.165, 1.54) is 19.1 Å². The molecule has 6 N–H and O–H groups in total. The summed E-state index contributed by atoms with van der Waals surface area (Å²) in [4.78, 5) is 72.1. The number of aliphatic hydroxyl groups excluding tert-OH is 1. The third kappa shape index (κ3) is 16.1. The monoisotopic (exact) mass is 992 g/mol. The number of hydrogen-bond donors (Lipinski definition) is 4. The largest absolute Gasteiger partial charge is 0.460 e. The van der Waals surface area contributed by atoms with E-state index >= 15 is 0 Å². The molecule has 4 rings (SSSR count). The minimum absolute atomic E-state index is 0.00261. The second-order valence-electron chi connectivity index (χ2n) is 20.3. The van der Waals surface area contributed by atoms with Gasteiger partial charge in [-0.15, -0.1) is 0 Å². The van der Waals surface area contributed by atoms with Crippen molar-refractivity contribution in [2.24, 2.45) is 46.5 Å². The fourth-order valence-electron chi connectivity index (χ4n) is 10.4. The van der Waals surface area contributed by atoms with Crippen LogP contribution in [0.2, 0.25) is 0 Å². The molecule has 0 spiro atoms. The van der Waals surface area contributed by atoms with E-state index in [2.05, 4.69) is 0 Å². The molecule has 0 aromatic carbocycles. The number of carbonyl (C=O) groups is 5. The molecule has 3 aliphatic heterocycles. The number of nitrogens with zero attached hydrogens (tertiary/aromatic N) is 1. The molecule has 2 saturated heterocycles. The van der Waals surface area contributed by atoms with Crippen molar-refractivity contribution in [3.63, 3.8) is 0 Å². The van der Waals surface area contributed by atoms with Crippen LogP contribution < -0.4 is 11.0 Å². The van der Waals surface area contributed by atoms with Crippen LogP contribution in [0.4, 0.5) is 0 Å². The average Bonchev–Trinajstić information content (AvgIpc) is 3.30. The number of esters is 1. The first-order chi connectivity index (χ1) is 32.4. The molecule has 69 heavy (non-hydrogen) atoms. The average molecular weight is 992 g/mol. The van der Waals surface area contributed by atoms with Gasteiger partial charge < -0.3 is 43.3 Å². The van der Waals surface area contributed by atoms with E-state index in [0.717, 1.165) is 5.57 Å². The number of piperidine rings is 1. The van der Waals surface area contributed by atoms with Crippen molar-refractivity contribution in [3.05, 3.63) is 47.6 Å². The standard InChI is InChI=1S/C51H82N3O14P/c1-30-16-12-11-13-17-31(2)42(63-8)28-38-21-19-36(7)51(61,67-38)48(58)49(59)54-23-15-14-18-39(54)50(60)66-43(33(4)26-37-20-22-41(44(27-37)64-9)68-69(52,53)62)29-40(55)32(3)25-35(6)46(57)47(65-10)45(56)34(5)24-30/h11-13,16-17,25,30,32-34,36-39,41-44,46-47,57,61H,14-15,18-24,26-29H2,1-10H3,(H4,52,53,62)/b13-11+,16-12+,31-17+,35-25+/t30-,32-,33-,34-,36-,37+,38?,39?,41-,42+,43+,44-,46-,47+,51-/m1/s1. The molecule has 2 unspecified atom stereocenters. The topological polar surface area (TPSA) is 254 Å². The van der Waals surface area contributed by atoms with Gasteiger partial charge in [-0.2, -0.15) is 0 Å². The van der Waals surface area contributed by atoms with Gasteiger partial charge in [0.1, 0.15) is 30.1 Å². The summed E-state index contributed by atoms with van der Waals surface area (Å²) in [5, 5.41) is 23.4. The zero-order chi connectivity index (χ0) is 51.4. The molecule has 17 nitrogen and oxygen atoms in total. The second-order valence-corrected chi connectivity index (χ2v) is 21.8. The van der Waals surface area contributed by atoms with Gasteiger partial charge in [-0.1, -0.05) is 71.1 Å². The summed E-state index contributed by atoms with van der Waals surface area (Å²) in [7, 11) is 0.659. The molecule has 3 heterocycles. The number of aliphatic hydroxyl groups is 2. The maximum absolute atomic E-state index is 14.5. The van der Waals surface area contributed by atoms with Gasteiger partial charge in [-0.25, -0.2) is 15.8 Å². The number of methoxy groups -OCH3 is 3. The van der Waals surface area contributed by atoms with Gasteiger partial charge >= 0.3 is 13.6 Å². The van der Waals surface area contributed by atoms with E-state index in [1.54, 1.807) is 40.9 Å². The Balaban J connectivity index is 1.70. The van der Waals surface area contributed by atoms with Crippen LogP contribution in [0.1, 0.15) is 126 Å². The number of ether oxygens (including phenoxy) is 5. The van der Waals surface area contributed by atoms with E-state index in [0.29, 0.717) is 69.8 Å². The predicted molar refractivity (Wildman–Crippen MR) is 260 cm³/mol. The highest BCUT2D eigenvalue weighted by molar-refractivity contribution is 7.53. The summed E-state index contributed by atoms with van der Waals surface area (Å²) in [5.41, 5.74) is 12.3. The Morgan fingerprint density at radius 1 is 0.870 bits per heavy atom. The second kappa shape index (κ2) is 26.5. The normalized spacial score (nSPS) is 39.0. The summed E-state index contributed by atoms with van der Waals surface area (Å²) in [6.07, 6.45) is 10.2. The van der Waals surface area contributed by atoms with Crippen LogP contribution >= 0.6 is 7.67 Å². The number of nitrogens with two attached hydrogens (primary N) is 2. The number of allylic oxidation sites excluding steroid dienone is 6. The number of rotatable bonds is 8. The van der Waals surface area contributed by atoms with Gasteiger partial charge in [0.05, 0.1) is 24.4 Å². The van der Waals surface area contributed by atoms with Crippen LogP contribution in [0.3, 0.4) is 0 Å². The lowest BCUT2D eigenvalue weighted by Crippen LogP contribution is -2.61. The molecule has 0 radical (unpaired) electrons. The summed E-state index contributed by atoms with van der Waals surface area (Å²) < 4.78 is 47.1. The molecule has 15 atom stereocenters. The zero-order valence-corrected chi connectivity index (χ0v) is 43.5. The molecule has 2 bridgehead atoms. The molecule has 1 amide bonds. The maximum Gasteiger partial charge on any atom is 0.335 e. The maximum atomic E-state index is 14.5. The Morgan fingerprint density at radius 2 is 1.58 bits per heavy atom. The minimum atomic E-state index is -3.79. The van der Waals surface area contributed by atoms with Crippen molar-refractivity contribution >= 4 is 36.9 Å². The minimum Gasteiger partial charge on any atom is -0.460 e. The lowest BCUT2D eigenvalue weighted by atomic mass is 9.78. The highest BCUT2D eigenvalue weighted by Crippen LogP contribution is 2.41. The van der Waals surface area contributed by atoms with Crippen LogP contribution in [0.5, 0.6) is 0 Å². The van der Waals surface area contributed by atoms with E-state index in [-0.39, 0.29) is 42.8 Å².